The van der Waals surface area contributed by atoms with Crippen molar-refractivity contribution in [3.05, 3.63) is 76.7 Å². The zero-order valence-electron chi connectivity index (χ0n) is 18.1. The Bertz CT molecular complexity index is 1630. The van der Waals surface area contributed by atoms with Crippen molar-refractivity contribution in [2.45, 2.75) is 13.1 Å². The van der Waals surface area contributed by atoms with E-state index in [0.717, 1.165) is 10.9 Å². The summed E-state index contributed by atoms with van der Waals surface area (Å²) in [5, 5.41) is 25.9. The van der Waals surface area contributed by atoms with Crippen molar-refractivity contribution in [3.8, 4) is 23.0 Å². The molecule has 0 amide bonds. The lowest BCUT2D eigenvalue weighted by atomic mass is 10.0. The van der Waals surface area contributed by atoms with Crippen LogP contribution >= 0.6 is 0 Å². The number of nitrogens with one attached hydrogen (secondary N) is 1. The van der Waals surface area contributed by atoms with E-state index in [0.29, 0.717) is 58.3 Å². The number of nitrogens with zero attached hydrogens (tertiary/aromatic N) is 2. The van der Waals surface area contributed by atoms with Crippen LogP contribution in [0.15, 0.2) is 65.6 Å². The van der Waals surface area contributed by atoms with E-state index in [1.165, 1.54) is 12.1 Å². The molecule has 1 aliphatic heterocycles. The Morgan fingerprint density at radius 1 is 0.912 bits per heavy atom. The zero-order valence-corrected chi connectivity index (χ0v) is 18.1. The van der Waals surface area contributed by atoms with Crippen LogP contribution in [0, 0.1) is 0 Å². The number of hydrogen-bond donors (Lipinski definition) is 3. The maximum Gasteiger partial charge on any atom is 0.259 e. The summed E-state index contributed by atoms with van der Waals surface area (Å²) in [6.07, 6.45) is 1.69. The average molecular weight is 455 g/mol. The molecule has 3 heterocycles. The predicted molar refractivity (Wildman–Crippen MR) is 129 cm³/mol. The van der Waals surface area contributed by atoms with Crippen molar-refractivity contribution >= 4 is 32.6 Å². The number of hydrogen-bond acceptors (Lipinski definition) is 7. The maximum atomic E-state index is 13.6. The van der Waals surface area contributed by atoms with Gasteiger partial charge in [0.1, 0.15) is 0 Å². The van der Waals surface area contributed by atoms with Crippen molar-refractivity contribution in [1.82, 2.24) is 14.9 Å². The van der Waals surface area contributed by atoms with E-state index in [1.54, 1.807) is 16.8 Å². The summed E-state index contributed by atoms with van der Waals surface area (Å²) in [6, 6.07) is 16.4. The number of phenols is 2. The van der Waals surface area contributed by atoms with Gasteiger partial charge in [0, 0.05) is 48.1 Å². The highest BCUT2D eigenvalue weighted by molar-refractivity contribution is 6.15. The number of aromatic hydroxyl groups is 2. The largest absolute Gasteiger partial charge is 0.504 e. The van der Waals surface area contributed by atoms with Gasteiger partial charge in [-0.25, -0.2) is 0 Å². The molecule has 0 bridgehead atoms. The molecular formula is C26H21N3O5. The number of pyridine rings is 2. The molecule has 0 unspecified atom stereocenters. The Balaban J connectivity index is 1.53. The second-order valence-corrected chi connectivity index (χ2v) is 8.25. The minimum atomic E-state index is -0.338. The summed E-state index contributed by atoms with van der Waals surface area (Å²) in [6.45, 7) is 1.76. The van der Waals surface area contributed by atoms with Gasteiger partial charge in [-0.1, -0.05) is 30.3 Å². The molecule has 3 N–H and O–H groups in total. The molecule has 5 aromatic rings. The van der Waals surface area contributed by atoms with Gasteiger partial charge in [0.25, 0.3) is 5.56 Å². The minimum absolute atomic E-state index is 0.135. The Hall–Kier alpha value is -4.30. The SMILES string of the molecule is O=c1c2cc(O)c(O)cc2c2cnc3cc4c(cc3c2n1CCNCc1ccccc1)OCO4. The second kappa shape index (κ2) is 7.93. The summed E-state index contributed by atoms with van der Waals surface area (Å²) >= 11 is 0. The van der Waals surface area contributed by atoms with Crippen LogP contribution in [-0.2, 0) is 13.1 Å². The summed E-state index contributed by atoms with van der Waals surface area (Å²) in [4.78, 5) is 18.2. The van der Waals surface area contributed by atoms with Crippen LogP contribution < -0.4 is 20.3 Å². The van der Waals surface area contributed by atoms with Crippen LogP contribution in [-0.4, -0.2) is 33.1 Å². The molecule has 34 heavy (non-hydrogen) atoms. The predicted octanol–water partition coefficient (Wildman–Crippen LogP) is 3.63. The summed E-state index contributed by atoms with van der Waals surface area (Å²) < 4.78 is 12.8. The highest BCUT2D eigenvalue weighted by Gasteiger charge is 2.20. The van der Waals surface area contributed by atoms with Crippen LogP contribution in [0.25, 0.3) is 32.6 Å². The molecule has 8 heteroatoms. The molecule has 0 saturated heterocycles. The monoisotopic (exact) mass is 455 g/mol. The first-order chi connectivity index (χ1) is 16.6. The van der Waals surface area contributed by atoms with E-state index in [9.17, 15) is 15.0 Å². The van der Waals surface area contributed by atoms with Gasteiger partial charge in [0.15, 0.2) is 23.0 Å². The number of benzene rings is 3. The van der Waals surface area contributed by atoms with Gasteiger partial charge in [-0.05, 0) is 23.8 Å². The summed E-state index contributed by atoms with van der Waals surface area (Å²) in [5.74, 6) is 0.578. The molecule has 3 aromatic carbocycles. The molecule has 0 aliphatic carbocycles. The van der Waals surface area contributed by atoms with Gasteiger partial charge >= 0.3 is 0 Å². The van der Waals surface area contributed by atoms with Crippen molar-refractivity contribution in [3.63, 3.8) is 0 Å². The van der Waals surface area contributed by atoms with Crippen LogP contribution in [0.1, 0.15) is 5.56 Å². The smallest absolute Gasteiger partial charge is 0.259 e. The van der Waals surface area contributed by atoms with E-state index >= 15 is 0 Å². The third-order valence-corrected chi connectivity index (χ3v) is 6.17. The second-order valence-electron chi connectivity index (χ2n) is 8.25. The summed E-state index contributed by atoms with van der Waals surface area (Å²) in [5.41, 5.74) is 2.25. The van der Waals surface area contributed by atoms with Crippen molar-refractivity contribution < 1.29 is 19.7 Å². The number of ether oxygens (including phenoxy) is 2. The molecule has 1 aliphatic rings. The molecule has 0 radical (unpaired) electrons. The molecule has 0 fully saturated rings. The molecular weight excluding hydrogens is 434 g/mol. The minimum Gasteiger partial charge on any atom is -0.504 e. The molecule has 0 atom stereocenters. The Labute approximate surface area is 193 Å². The van der Waals surface area contributed by atoms with E-state index in [2.05, 4.69) is 10.3 Å². The van der Waals surface area contributed by atoms with Crippen molar-refractivity contribution in [2.24, 2.45) is 0 Å². The Morgan fingerprint density at radius 3 is 2.44 bits per heavy atom. The fraction of sp³-hybridized carbons (Fsp3) is 0.154. The quantitative estimate of drug-likeness (QED) is 0.211. The van der Waals surface area contributed by atoms with Gasteiger partial charge in [-0.2, -0.15) is 0 Å². The lowest BCUT2D eigenvalue weighted by Gasteiger charge is -2.16. The zero-order chi connectivity index (χ0) is 23.2. The van der Waals surface area contributed by atoms with Gasteiger partial charge in [0.05, 0.1) is 16.4 Å². The van der Waals surface area contributed by atoms with Crippen molar-refractivity contribution in [1.29, 1.82) is 0 Å². The lowest BCUT2D eigenvalue weighted by molar-refractivity contribution is 0.174. The summed E-state index contributed by atoms with van der Waals surface area (Å²) in [7, 11) is 0. The topological polar surface area (TPSA) is 106 Å². The molecule has 2 aromatic heterocycles. The molecule has 8 nitrogen and oxygen atoms in total. The first kappa shape index (κ1) is 20.3. The first-order valence-corrected chi connectivity index (χ1v) is 11.0. The standard InChI is InChI=1S/C26H21N3O5/c30-21-8-16-17(9-22(21)31)26(32)29(7-6-27-12-15-4-2-1-3-5-15)25-18-10-23-24(34-14-33-23)11-20(18)28-13-19(16)25/h1-5,8-11,13,27,30-31H,6-7,12,14H2. The fourth-order valence-corrected chi connectivity index (χ4v) is 4.51. The Kier molecular flexibility index (Phi) is 4.74. The van der Waals surface area contributed by atoms with Gasteiger partial charge in [-0.3, -0.25) is 9.78 Å². The molecule has 6 rings (SSSR count). The fourth-order valence-electron chi connectivity index (χ4n) is 4.51. The molecule has 0 saturated carbocycles. The van der Waals surface area contributed by atoms with Crippen LogP contribution in [0.2, 0.25) is 0 Å². The Morgan fingerprint density at radius 2 is 1.65 bits per heavy atom. The number of aromatic nitrogens is 2. The third-order valence-electron chi connectivity index (χ3n) is 6.17. The van der Waals surface area contributed by atoms with Gasteiger partial charge < -0.3 is 29.6 Å². The maximum absolute atomic E-state index is 13.6. The van der Waals surface area contributed by atoms with Crippen LogP contribution in [0.5, 0.6) is 23.0 Å². The van der Waals surface area contributed by atoms with E-state index in [-0.39, 0.29) is 23.9 Å². The van der Waals surface area contributed by atoms with Crippen LogP contribution in [0.3, 0.4) is 0 Å². The third kappa shape index (κ3) is 3.27. The van der Waals surface area contributed by atoms with E-state index in [4.69, 9.17) is 9.47 Å². The number of fused-ring (bicyclic) bond motifs is 6. The van der Waals surface area contributed by atoms with E-state index in [1.807, 2.05) is 36.4 Å². The molecule has 0 spiro atoms. The number of rotatable bonds is 5. The van der Waals surface area contributed by atoms with Crippen molar-refractivity contribution in [2.75, 3.05) is 13.3 Å². The lowest BCUT2D eigenvalue weighted by Crippen LogP contribution is -2.27. The first-order valence-electron chi connectivity index (χ1n) is 11.0. The highest BCUT2D eigenvalue weighted by Crippen LogP contribution is 2.39. The normalized spacial score (nSPS) is 12.7. The average Bonchev–Trinajstić information content (AvgIpc) is 3.31. The number of phenolic OH excluding ortho intramolecular Hbond substituents is 2. The van der Waals surface area contributed by atoms with Gasteiger partial charge in [-0.15, -0.1) is 0 Å². The highest BCUT2D eigenvalue weighted by atomic mass is 16.7. The molecule has 170 valence electrons. The van der Waals surface area contributed by atoms with E-state index < -0.39 is 0 Å². The van der Waals surface area contributed by atoms with Gasteiger partial charge in [0.2, 0.25) is 6.79 Å². The van der Waals surface area contributed by atoms with Crippen LogP contribution in [0.4, 0.5) is 0 Å².